The summed E-state index contributed by atoms with van der Waals surface area (Å²) >= 11 is 0. The van der Waals surface area contributed by atoms with Crippen LogP contribution in [0.3, 0.4) is 0 Å². The van der Waals surface area contributed by atoms with E-state index in [0.29, 0.717) is 5.91 Å². The fourth-order valence-electron chi connectivity index (χ4n) is 4.86. The summed E-state index contributed by atoms with van der Waals surface area (Å²) in [5.74, 6) is 1.67. The van der Waals surface area contributed by atoms with Gasteiger partial charge in [-0.25, -0.2) is 4.98 Å². The molecule has 1 aliphatic rings. The zero-order valence-corrected chi connectivity index (χ0v) is 19.5. The number of para-hydroxylation sites is 2. The SMILES string of the molecule is CCCC(CCC)C(=O)N1CCN(Cc2nc3ccccc3n2Cc2ccccc2)CC1. The summed E-state index contributed by atoms with van der Waals surface area (Å²) in [4.78, 5) is 22.5. The van der Waals surface area contributed by atoms with Crippen molar-refractivity contribution in [2.45, 2.75) is 52.6 Å². The van der Waals surface area contributed by atoms with Gasteiger partial charge in [-0.2, -0.15) is 0 Å². The molecule has 4 rings (SSSR count). The molecule has 3 aromatic rings. The third-order valence-electron chi connectivity index (χ3n) is 6.59. The zero-order valence-electron chi connectivity index (χ0n) is 19.5. The van der Waals surface area contributed by atoms with Gasteiger partial charge in [0, 0.05) is 38.6 Å². The number of fused-ring (bicyclic) bond motifs is 1. The van der Waals surface area contributed by atoms with Gasteiger partial charge in [0.2, 0.25) is 5.91 Å². The molecule has 2 aromatic carbocycles. The van der Waals surface area contributed by atoms with E-state index >= 15 is 0 Å². The van der Waals surface area contributed by atoms with Crippen LogP contribution in [0, 0.1) is 5.92 Å². The molecule has 5 nitrogen and oxygen atoms in total. The average molecular weight is 433 g/mol. The molecule has 0 atom stereocenters. The largest absolute Gasteiger partial charge is 0.340 e. The van der Waals surface area contributed by atoms with E-state index in [2.05, 4.69) is 82.8 Å². The molecular formula is C27H36N4O. The molecule has 0 bridgehead atoms. The van der Waals surface area contributed by atoms with Crippen molar-refractivity contribution in [1.82, 2.24) is 19.4 Å². The molecule has 5 heteroatoms. The maximum absolute atomic E-state index is 13.0. The van der Waals surface area contributed by atoms with E-state index in [4.69, 9.17) is 4.98 Å². The molecule has 0 N–H and O–H groups in total. The average Bonchev–Trinajstić information content (AvgIpc) is 3.16. The van der Waals surface area contributed by atoms with Crippen LogP contribution in [-0.4, -0.2) is 51.4 Å². The van der Waals surface area contributed by atoms with Crippen LogP contribution in [0.4, 0.5) is 0 Å². The predicted octanol–water partition coefficient (Wildman–Crippen LogP) is 4.95. The third-order valence-corrected chi connectivity index (χ3v) is 6.59. The van der Waals surface area contributed by atoms with E-state index in [1.54, 1.807) is 0 Å². The highest BCUT2D eigenvalue weighted by Crippen LogP contribution is 2.21. The first-order chi connectivity index (χ1) is 15.7. The molecule has 1 fully saturated rings. The summed E-state index contributed by atoms with van der Waals surface area (Å²) in [5, 5.41) is 0. The van der Waals surface area contributed by atoms with Gasteiger partial charge in [0.25, 0.3) is 0 Å². The monoisotopic (exact) mass is 432 g/mol. The number of benzene rings is 2. The van der Waals surface area contributed by atoms with Gasteiger partial charge in [-0.3, -0.25) is 9.69 Å². The highest BCUT2D eigenvalue weighted by atomic mass is 16.2. The number of carbonyl (C=O) groups is 1. The van der Waals surface area contributed by atoms with Gasteiger partial charge in [0.15, 0.2) is 0 Å². The van der Waals surface area contributed by atoms with E-state index in [0.717, 1.165) is 76.3 Å². The Kier molecular flexibility index (Phi) is 7.59. The first kappa shape index (κ1) is 22.5. The normalized spacial score (nSPS) is 15.0. The van der Waals surface area contributed by atoms with Crippen LogP contribution in [0.1, 0.15) is 50.9 Å². The van der Waals surface area contributed by atoms with Crippen LogP contribution in [-0.2, 0) is 17.9 Å². The lowest BCUT2D eigenvalue weighted by Gasteiger charge is -2.36. The van der Waals surface area contributed by atoms with Crippen molar-refractivity contribution in [1.29, 1.82) is 0 Å². The van der Waals surface area contributed by atoms with E-state index in [9.17, 15) is 4.79 Å². The fraction of sp³-hybridized carbons (Fsp3) is 0.481. The quantitative estimate of drug-likeness (QED) is 0.481. The first-order valence-electron chi connectivity index (χ1n) is 12.2. The van der Waals surface area contributed by atoms with Gasteiger partial charge in [-0.15, -0.1) is 0 Å². The van der Waals surface area contributed by atoms with Crippen LogP contribution in [0.2, 0.25) is 0 Å². The topological polar surface area (TPSA) is 41.4 Å². The van der Waals surface area contributed by atoms with E-state index < -0.39 is 0 Å². The molecule has 0 aliphatic carbocycles. The van der Waals surface area contributed by atoms with Crippen LogP contribution in [0.15, 0.2) is 54.6 Å². The molecule has 0 spiro atoms. The smallest absolute Gasteiger partial charge is 0.225 e. The summed E-state index contributed by atoms with van der Waals surface area (Å²) in [5.41, 5.74) is 3.52. The molecule has 1 amide bonds. The Balaban J connectivity index is 1.44. The fourth-order valence-corrected chi connectivity index (χ4v) is 4.86. The summed E-state index contributed by atoms with van der Waals surface area (Å²) in [6.07, 6.45) is 4.18. The second kappa shape index (κ2) is 10.8. The molecule has 0 saturated carbocycles. The second-order valence-corrected chi connectivity index (χ2v) is 8.96. The maximum atomic E-state index is 13.0. The summed E-state index contributed by atoms with van der Waals surface area (Å²) < 4.78 is 2.35. The number of amides is 1. The lowest BCUT2D eigenvalue weighted by atomic mass is 9.96. The van der Waals surface area contributed by atoms with Crippen molar-refractivity contribution in [2.24, 2.45) is 5.92 Å². The van der Waals surface area contributed by atoms with Gasteiger partial charge in [0.1, 0.15) is 5.82 Å². The van der Waals surface area contributed by atoms with Gasteiger partial charge in [-0.05, 0) is 30.5 Å². The van der Waals surface area contributed by atoms with Crippen molar-refractivity contribution in [3.8, 4) is 0 Å². The van der Waals surface area contributed by atoms with E-state index in [1.807, 2.05) is 0 Å². The molecule has 170 valence electrons. The standard InChI is InChI=1S/C27H36N4O/c1-3-10-23(11-4-2)27(32)30-18-16-29(17-19-30)21-26-28-24-14-8-9-15-25(24)31(26)20-22-12-6-5-7-13-22/h5-9,12-15,23H,3-4,10-11,16-21H2,1-2H3. The summed E-state index contributed by atoms with van der Waals surface area (Å²) in [6, 6.07) is 19.0. The third kappa shape index (κ3) is 5.21. The minimum absolute atomic E-state index is 0.201. The van der Waals surface area contributed by atoms with Crippen molar-refractivity contribution >= 4 is 16.9 Å². The number of nitrogens with zero attached hydrogens (tertiary/aromatic N) is 4. The molecular weight excluding hydrogens is 396 g/mol. The van der Waals surface area contributed by atoms with Gasteiger partial charge in [-0.1, -0.05) is 69.2 Å². The molecule has 0 radical (unpaired) electrons. The summed E-state index contributed by atoms with van der Waals surface area (Å²) in [6.45, 7) is 9.45. The highest BCUT2D eigenvalue weighted by molar-refractivity contribution is 5.79. The minimum Gasteiger partial charge on any atom is -0.340 e. The zero-order chi connectivity index (χ0) is 22.3. The highest BCUT2D eigenvalue weighted by Gasteiger charge is 2.27. The summed E-state index contributed by atoms with van der Waals surface area (Å²) in [7, 11) is 0. The molecule has 1 aliphatic heterocycles. The molecule has 1 aromatic heterocycles. The molecule has 2 heterocycles. The van der Waals surface area contributed by atoms with Crippen LogP contribution in [0.25, 0.3) is 11.0 Å². The van der Waals surface area contributed by atoms with Gasteiger partial charge >= 0.3 is 0 Å². The maximum Gasteiger partial charge on any atom is 0.225 e. The van der Waals surface area contributed by atoms with Crippen LogP contribution in [0.5, 0.6) is 0 Å². The minimum atomic E-state index is 0.201. The van der Waals surface area contributed by atoms with E-state index in [1.165, 1.54) is 11.1 Å². The Morgan fingerprint density at radius 2 is 1.53 bits per heavy atom. The Labute approximate surface area is 192 Å². The lowest BCUT2D eigenvalue weighted by Crippen LogP contribution is -2.50. The molecule has 32 heavy (non-hydrogen) atoms. The second-order valence-electron chi connectivity index (χ2n) is 8.96. The van der Waals surface area contributed by atoms with Crippen molar-refractivity contribution in [3.05, 3.63) is 66.0 Å². The number of hydrogen-bond acceptors (Lipinski definition) is 3. The number of piperazine rings is 1. The van der Waals surface area contributed by atoms with Crippen molar-refractivity contribution in [3.63, 3.8) is 0 Å². The number of carbonyl (C=O) groups excluding carboxylic acids is 1. The van der Waals surface area contributed by atoms with E-state index in [-0.39, 0.29) is 5.92 Å². The van der Waals surface area contributed by atoms with Crippen molar-refractivity contribution in [2.75, 3.05) is 26.2 Å². The number of hydrogen-bond donors (Lipinski definition) is 0. The van der Waals surface area contributed by atoms with Crippen molar-refractivity contribution < 1.29 is 4.79 Å². The Bertz CT molecular complexity index is 999. The van der Waals surface area contributed by atoms with Crippen LogP contribution >= 0.6 is 0 Å². The molecule has 1 saturated heterocycles. The Morgan fingerprint density at radius 1 is 0.875 bits per heavy atom. The number of aromatic nitrogens is 2. The number of rotatable bonds is 9. The first-order valence-corrected chi connectivity index (χ1v) is 12.2. The van der Waals surface area contributed by atoms with Gasteiger partial charge < -0.3 is 9.47 Å². The Morgan fingerprint density at radius 3 is 2.22 bits per heavy atom. The van der Waals surface area contributed by atoms with Crippen LogP contribution < -0.4 is 0 Å². The molecule has 0 unspecified atom stereocenters. The lowest BCUT2D eigenvalue weighted by molar-refractivity contribution is -0.137. The number of imidazole rings is 1. The Hall–Kier alpha value is -2.66. The van der Waals surface area contributed by atoms with Gasteiger partial charge in [0.05, 0.1) is 17.6 Å². The predicted molar refractivity (Wildman–Crippen MR) is 130 cm³/mol.